The molecule has 0 unspecified atom stereocenters. The third kappa shape index (κ3) is 3.48. The van der Waals surface area contributed by atoms with Gasteiger partial charge in [-0.05, 0) is 26.7 Å². The van der Waals surface area contributed by atoms with Gasteiger partial charge in [0.25, 0.3) is 0 Å². The second-order valence-electron chi connectivity index (χ2n) is 5.23. The van der Waals surface area contributed by atoms with Gasteiger partial charge in [-0.15, -0.1) is 0 Å². The molecule has 5 heteroatoms. The summed E-state index contributed by atoms with van der Waals surface area (Å²) in [5.41, 5.74) is 6.83. The Morgan fingerprint density at radius 1 is 1.44 bits per heavy atom. The van der Waals surface area contributed by atoms with Gasteiger partial charge in [-0.1, -0.05) is 19.3 Å². The maximum Gasteiger partial charge on any atom is 0.193 e. The van der Waals surface area contributed by atoms with E-state index in [1.165, 1.54) is 19.3 Å². The second kappa shape index (κ2) is 5.89. The number of guanidine groups is 1. The molecular weight excluding hydrogens is 226 g/mol. The minimum Gasteiger partial charge on any atom is -0.370 e. The summed E-state index contributed by atoms with van der Waals surface area (Å²) in [5, 5.41) is 7.37. The molecule has 0 bridgehead atoms. The highest BCUT2D eigenvalue weighted by Crippen LogP contribution is 2.20. The zero-order chi connectivity index (χ0) is 13.0. The monoisotopic (exact) mass is 249 g/mol. The molecule has 1 aromatic rings. The number of nitrogens with two attached hydrogens (primary N) is 1. The van der Waals surface area contributed by atoms with Gasteiger partial charge in [0, 0.05) is 12.2 Å². The van der Waals surface area contributed by atoms with Gasteiger partial charge in [0.2, 0.25) is 0 Å². The fraction of sp³-hybridized carbons (Fsp3) is 0.692. The Balaban J connectivity index is 1.92. The molecule has 0 spiro atoms. The first-order valence-corrected chi connectivity index (χ1v) is 6.79. The molecule has 1 saturated carbocycles. The van der Waals surface area contributed by atoms with E-state index >= 15 is 0 Å². The van der Waals surface area contributed by atoms with Crippen LogP contribution in [0.15, 0.2) is 17.4 Å². The molecule has 1 aliphatic carbocycles. The van der Waals surface area contributed by atoms with Crippen LogP contribution in [0.25, 0.3) is 0 Å². The van der Waals surface area contributed by atoms with Crippen LogP contribution in [-0.2, 0) is 0 Å². The van der Waals surface area contributed by atoms with Crippen molar-refractivity contribution >= 4 is 11.6 Å². The van der Waals surface area contributed by atoms with Crippen molar-refractivity contribution in [2.24, 2.45) is 10.7 Å². The van der Waals surface area contributed by atoms with Crippen molar-refractivity contribution < 1.29 is 0 Å². The molecule has 0 amide bonds. The molecular formula is C13H23N5. The summed E-state index contributed by atoms with van der Waals surface area (Å²) in [7, 11) is 0. The van der Waals surface area contributed by atoms with Crippen molar-refractivity contribution in [1.82, 2.24) is 9.78 Å². The molecule has 5 nitrogen and oxygen atoms in total. The van der Waals surface area contributed by atoms with Gasteiger partial charge in [0.1, 0.15) is 0 Å². The molecule has 0 atom stereocenters. The highest BCUT2D eigenvalue weighted by molar-refractivity contribution is 5.92. The van der Waals surface area contributed by atoms with E-state index in [-0.39, 0.29) is 0 Å². The molecule has 1 aliphatic rings. The van der Waals surface area contributed by atoms with Gasteiger partial charge in [0.15, 0.2) is 5.96 Å². The smallest absolute Gasteiger partial charge is 0.193 e. The number of rotatable bonds is 3. The summed E-state index contributed by atoms with van der Waals surface area (Å²) >= 11 is 0. The van der Waals surface area contributed by atoms with E-state index in [0.29, 0.717) is 18.0 Å². The lowest BCUT2D eigenvalue weighted by Crippen LogP contribution is -2.25. The molecule has 0 aliphatic heterocycles. The average Bonchev–Trinajstić information content (AvgIpc) is 2.78. The zero-order valence-electron chi connectivity index (χ0n) is 11.3. The van der Waals surface area contributed by atoms with Crippen LogP contribution >= 0.6 is 0 Å². The molecule has 0 radical (unpaired) electrons. The van der Waals surface area contributed by atoms with Crippen LogP contribution in [0.3, 0.4) is 0 Å². The number of nitrogens with zero attached hydrogens (tertiary/aromatic N) is 3. The summed E-state index contributed by atoms with van der Waals surface area (Å²) in [6.07, 6.45) is 9.93. The third-order valence-corrected chi connectivity index (χ3v) is 3.30. The van der Waals surface area contributed by atoms with Gasteiger partial charge in [-0.2, -0.15) is 5.10 Å². The first-order valence-electron chi connectivity index (χ1n) is 6.79. The van der Waals surface area contributed by atoms with Gasteiger partial charge in [-0.25, -0.2) is 4.99 Å². The Morgan fingerprint density at radius 2 is 2.17 bits per heavy atom. The lowest BCUT2D eigenvalue weighted by atomic mass is 9.96. The maximum atomic E-state index is 5.92. The standard InChI is InChI=1S/C13H23N5/c1-10(2)18-9-12(8-15-18)17-13(14)16-11-6-4-3-5-7-11/h8-11H,3-7H2,1-2H3,(H3,14,16,17). The molecule has 0 aromatic carbocycles. The van der Waals surface area contributed by atoms with E-state index in [4.69, 9.17) is 5.73 Å². The van der Waals surface area contributed by atoms with Crippen LogP contribution in [0, 0.1) is 0 Å². The van der Waals surface area contributed by atoms with Crippen molar-refractivity contribution in [3.8, 4) is 0 Å². The highest BCUT2D eigenvalue weighted by atomic mass is 15.3. The average molecular weight is 249 g/mol. The third-order valence-electron chi connectivity index (χ3n) is 3.30. The molecule has 1 aromatic heterocycles. The van der Waals surface area contributed by atoms with Crippen LogP contribution in [-0.4, -0.2) is 21.8 Å². The van der Waals surface area contributed by atoms with Crippen LogP contribution < -0.4 is 11.1 Å². The molecule has 0 saturated heterocycles. The van der Waals surface area contributed by atoms with Crippen LogP contribution in [0.5, 0.6) is 0 Å². The van der Waals surface area contributed by atoms with Gasteiger partial charge >= 0.3 is 0 Å². The number of hydrogen-bond acceptors (Lipinski definition) is 2. The fourth-order valence-electron chi connectivity index (χ4n) is 2.27. The predicted molar refractivity (Wildman–Crippen MR) is 74.7 cm³/mol. The van der Waals surface area contributed by atoms with E-state index in [0.717, 1.165) is 18.5 Å². The normalized spacial score (nSPS) is 18.3. The Labute approximate surface area is 108 Å². The molecule has 1 fully saturated rings. The largest absolute Gasteiger partial charge is 0.370 e. The van der Waals surface area contributed by atoms with Crippen LogP contribution in [0.2, 0.25) is 0 Å². The Bertz CT molecular complexity index is 401. The van der Waals surface area contributed by atoms with Crippen molar-refractivity contribution in [2.45, 2.75) is 58.0 Å². The summed E-state index contributed by atoms with van der Waals surface area (Å²) in [6, 6.07) is 0.753. The Hall–Kier alpha value is -1.52. The maximum absolute atomic E-state index is 5.92. The number of anilines is 1. The van der Waals surface area contributed by atoms with Crippen LogP contribution in [0.4, 0.5) is 5.69 Å². The lowest BCUT2D eigenvalue weighted by Gasteiger charge is -2.18. The SMILES string of the molecule is CC(C)n1cc(NC(N)=NC2CCCCC2)cn1. The Kier molecular flexibility index (Phi) is 4.23. The zero-order valence-corrected chi connectivity index (χ0v) is 11.3. The van der Waals surface area contributed by atoms with Crippen molar-refractivity contribution in [2.75, 3.05) is 5.32 Å². The van der Waals surface area contributed by atoms with Crippen molar-refractivity contribution in [3.05, 3.63) is 12.4 Å². The quantitative estimate of drug-likeness (QED) is 0.639. The second-order valence-corrected chi connectivity index (χ2v) is 5.23. The molecule has 2 rings (SSSR count). The number of aromatic nitrogens is 2. The lowest BCUT2D eigenvalue weighted by molar-refractivity contribution is 0.443. The van der Waals surface area contributed by atoms with Crippen LogP contribution in [0.1, 0.15) is 52.0 Å². The summed E-state index contributed by atoms with van der Waals surface area (Å²) in [6.45, 7) is 4.19. The number of hydrogen-bond donors (Lipinski definition) is 2. The number of aliphatic imine (C=N–C) groups is 1. The van der Waals surface area contributed by atoms with E-state index < -0.39 is 0 Å². The summed E-state index contributed by atoms with van der Waals surface area (Å²) < 4.78 is 1.90. The van der Waals surface area contributed by atoms with Gasteiger partial charge in [-0.3, -0.25) is 4.68 Å². The van der Waals surface area contributed by atoms with E-state index in [1.54, 1.807) is 6.20 Å². The fourth-order valence-corrected chi connectivity index (χ4v) is 2.27. The first-order chi connectivity index (χ1) is 8.65. The van der Waals surface area contributed by atoms with E-state index in [2.05, 4.69) is 29.3 Å². The van der Waals surface area contributed by atoms with E-state index in [1.807, 2.05) is 10.9 Å². The van der Waals surface area contributed by atoms with Gasteiger partial charge < -0.3 is 11.1 Å². The summed E-state index contributed by atoms with van der Waals surface area (Å²) in [5.74, 6) is 0.505. The topological polar surface area (TPSA) is 68.2 Å². The predicted octanol–water partition coefficient (Wildman–Crippen LogP) is 2.52. The molecule has 100 valence electrons. The van der Waals surface area contributed by atoms with Crippen molar-refractivity contribution in [1.29, 1.82) is 0 Å². The minimum atomic E-state index is 0.358. The highest BCUT2D eigenvalue weighted by Gasteiger charge is 2.12. The molecule has 1 heterocycles. The molecule has 18 heavy (non-hydrogen) atoms. The Morgan fingerprint density at radius 3 is 2.78 bits per heavy atom. The van der Waals surface area contributed by atoms with E-state index in [9.17, 15) is 0 Å². The number of nitrogens with one attached hydrogen (secondary N) is 1. The van der Waals surface area contributed by atoms with Crippen molar-refractivity contribution in [3.63, 3.8) is 0 Å². The van der Waals surface area contributed by atoms with Gasteiger partial charge in [0.05, 0.1) is 17.9 Å². The summed E-state index contributed by atoms with van der Waals surface area (Å²) in [4.78, 5) is 4.53. The minimum absolute atomic E-state index is 0.358. The molecule has 3 N–H and O–H groups in total. The first kappa shape index (κ1) is 12.9.